The fourth-order valence-electron chi connectivity index (χ4n) is 1.99. The third kappa shape index (κ3) is 2.65. The second-order valence-electron chi connectivity index (χ2n) is 4.06. The lowest BCUT2D eigenvalue weighted by Crippen LogP contribution is -2.46. The molecule has 0 aliphatic carbocycles. The number of nitrogens with zero attached hydrogens (tertiary/aromatic N) is 1. The van der Waals surface area contributed by atoms with E-state index < -0.39 is 5.91 Å². The van der Waals surface area contributed by atoms with E-state index in [0.29, 0.717) is 12.1 Å². The first kappa shape index (κ1) is 11.7. The Kier molecular flexibility index (Phi) is 3.43. The number of hydrogen-bond acceptors (Lipinski definition) is 4. The highest BCUT2D eigenvalue weighted by Crippen LogP contribution is 2.13. The Balaban J connectivity index is 2.14. The first-order valence-corrected chi connectivity index (χ1v) is 5.50. The summed E-state index contributed by atoms with van der Waals surface area (Å²) in [5, 5.41) is 3.16. The van der Waals surface area contributed by atoms with Gasteiger partial charge in [-0.15, -0.1) is 0 Å². The predicted molar refractivity (Wildman–Crippen MR) is 60.2 cm³/mol. The van der Waals surface area contributed by atoms with E-state index in [-0.39, 0.29) is 18.5 Å². The Hall–Kier alpha value is -1.82. The number of nitrogens with two attached hydrogens (primary N) is 1. The second-order valence-corrected chi connectivity index (χ2v) is 4.06. The molecule has 0 aromatic carbocycles. The minimum absolute atomic E-state index is 0.0184. The molecule has 1 aliphatic rings. The number of amides is 2. The Morgan fingerprint density at radius 3 is 2.94 bits per heavy atom. The van der Waals surface area contributed by atoms with Gasteiger partial charge in [0, 0.05) is 12.6 Å². The number of primary amides is 1. The van der Waals surface area contributed by atoms with Crippen LogP contribution in [0.25, 0.3) is 0 Å². The molecule has 2 rings (SSSR count). The largest absolute Gasteiger partial charge is 0.472 e. The lowest BCUT2D eigenvalue weighted by atomic mass is 10.2. The Labute approximate surface area is 98.7 Å². The van der Waals surface area contributed by atoms with Crippen molar-refractivity contribution in [1.82, 2.24) is 10.2 Å². The number of carbonyl (C=O) groups is 2. The van der Waals surface area contributed by atoms with Crippen LogP contribution >= 0.6 is 0 Å². The van der Waals surface area contributed by atoms with E-state index in [4.69, 9.17) is 10.2 Å². The monoisotopic (exact) mass is 237 g/mol. The van der Waals surface area contributed by atoms with Crippen LogP contribution < -0.4 is 11.1 Å². The normalized spacial score (nSPS) is 19.2. The van der Waals surface area contributed by atoms with Gasteiger partial charge in [-0.1, -0.05) is 0 Å². The van der Waals surface area contributed by atoms with Gasteiger partial charge in [0.1, 0.15) is 6.26 Å². The minimum atomic E-state index is -0.506. The van der Waals surface area contributed by atoms with Gasteiger partial charge in [0.05, 0.1) is 18.4 Å². The smallest absolute Gasteiger partial charge is 0.257 e. The topological polar surface area (TPSA) is 88.6 Å². The van der Waals surface area contributed by atoms with Crippen molar-refractivity contribution in [2.45, 2.75) is 12.5 Å². The summed E-state index contributed by atoms with van der Waals surface area (Å²) in [6.45, 7) is 1.48. The van der Waals surface area contributed by atoms with Crippen molar-refractivity contribution in [3.63, 3.8) is 0 Å². The molecule has 0 saturated carbocycles. The van der Waals surface area contributed by atoms with E-state index in [9.17, 15) is 9.59 Å². The van der Waals surface area contributed by atoms with Gasteiger partial charge in [0.25, 0.3) is 5.91 Å². The van der Waals surface area contributed by atoms with Crippen molar-refractivity contribution in [1.29, 1.82) is 0 Å². The van der Waals surface area contributed by atoms with Gasteiger partial charge in [-0.2, -0.15) is 0 Å². The maximum atomic E-state index is 12.2. The summed E-state index contributed by atoms with van der Waals surface area (Å²) in [6.07, 6.45) is 3.64. The molecule has 1 fully saturated rings. The summed E-state index contributed by atoms with van der Waals surface area (Å²) in [4.78, 5) is 24.7. The zero-order chi connectivity index (χ0) is 12.3. The first-order chi connectivity index (χ1) is 8.18. The standard InChI is InChI=1S/C11H15N3O3/c12-10(15)6-14(9-1-3-13-5-9)11(16)8-2-4-17-7-8/h2,4,7,9,13H,1,3,5-6H2,(H2,12,15). The molecular weight excluding hydrogens is 222 g/mol. The molecule has 0 radical (unpaired) electrons. The van der Waals surface area contributed by atoms with Gasteiger partial charge in [-0.05, 0) is 19.0 Å². The maximum Gasteiger partial charge on any atom is 0.257 e. The number of carbonyl (C=O) groups excluding carboxylic acids is 2. The summed E-state index contributed by atoms with van der Waals surface area (Å²) in [5.41, 5.74) is 5.62. The summed E-state index contributed by atoms with van der Waals surface area (Å²) in [6, 6.07) is 1.60. The third-order valence-corrected chi connectivity index (χ3v) is 2.83. The van der Waals surface area contributed by atoms with E-state index in [1.54, 1.807) is 6.07 Å². The molecule has 1 unspecified atom stereocenters. The average molecular weight is 237 g/mol. The van der Waals surface area contributed by atoms with Crippen molar-refractivity contribution >= 4 is 11.8 Å². The van der Waals surface area contributed by atoms with Crippen molar-refractivity contribution in [2.75, 3.05) is 19.6 Å². The summed E-state index contributed by atoms with van der Waals surface area (Å²) in [7, 11) is 0. The Bertz CT molecular complexity index is 396. The molecule has 1 aromatic rings. The van der Waals surface area contributed by atoms with Crippen LogP contribution in [0.3, 0.4) is 0 Å². The fourth-order valence-corrected chi connectivity index (χ4v) is 1.99. The highest BCUT2D eigenvalue weighted by atomic mass is 16.3. The van der Waals surface area contributed by atoms with Crippen LogP contribution in [0.2, 0.25) is 0 Å². The zero-order valence-electron chi connectivity index (χ0n) is 9.39. The second kappa shape index (κ2) is 5.01. The number of furan rings is 1. The molecule has 1 aliphatic heterocycles. The van der Waals surface area contributed by atoms with Crippen LogP contribution in [0.15, 0.2) is 23.0 Å². The molecule has 1 aromatic heterocycles. The van der Waals surface area contributed by atoms with Crippen LogP contribution in [0.5, 0.6) is 0 Å². The van der Waals surface area contributed by atoms with Gasteiger partial charge in [0.15, 0.2) is 0 Å². The lowest BCUT2D eigenvalue weighted by Gasteiger charge is -2.26. The van der Waals surface area contributed by atoms with Gasteiger partial charge in [0.2, 0.25) is 5.91 Å². The summed E-state index contributed by atoms with van der Waals surface area (Å²) < 4.78 is 4.87. The Morgan fingerprint density at radius 1 is 1.59 bits per heavy atom. The van der Waals surface area contributed by atoms with Crippen molar-refractivity contribution in [2.24, 2.45) is 5.73 Å². The first-order valence-electron chi connectivity index (χ1n) is 5.50. The quantitative estimate of drug-likeness (QED) is 0.743. The highest BCUT2D eigenvalue weighted by Gasteiger charge is 2.28. The van der Waals surface area contributed by atoms with E-state index >= 15 is 0 Å². The predicted octanol–water partition coefficient (Wildman–Crippen LogP) is -0.431. The molecule has 0 spiro atoms. The molecule has 0 bridgehead atoms. The SMILES string of the molecule is NC(=O)CN(C(=O)c1ccoc1)C1CCNC1. The molecule has 92 valence electrons. The van der Waals surface area contributed by atoms with Gasteiger partial charge in [-0.3, -0.25) is 9.59 Å². The van der Waals surface area contributed by atoms with Gasteiger partial charge >= 0.3 is 0 Å². The zero-order valence-corrected chi connectivity index (χ0v) is 9.39. The van der Waals surface area contributed by atoms with E-state index in [0.717, 1.165) is 13.0 Å². The molecule has 6 heteroatoms. The van der Waals surface area contributed by atoms with E-state index in [1.807, 2.05) is 0 Å². The fraction of sp³-hybridized carbons (Fsp3) is 0.455. The van der Waals surface area contributed by atoms with Gasteiger partial charge < -0.3 is 20.4 Å². The third-order valence-electron chi connectivity index (χ3n) is 2.83. The van der Waals surface area contributed by atoms with Gasteiger partial charge in [-0.25, -0.2) is 0 Å². The van der Waals surface area contributed by atoms with Crippen LogP contribution in [0.4, 0.5) is 0 Å². The Morgan fingerprint density at radius 2 is 2.41 bits per heavy atom. The average Bonchev–Trinajstić information content (AvgIpc) is 2.96. The highest BCUT2D eigenvalue weighted by molar-refractivity contribution is 5.96. The molecule has 6 nitrogen and oxygen atoms in total. The van der Waals surface area contributed by atoms with Crippen LogP contribution in [0.1, 0.15) is 16.8 Å². The van der Waals surface area contributed by atoms with Crippen LogP contribution in [-0.2, 0) is 4.79 Å². The van der Waals surface area contributed by atoms with E-state index in [1.165, 1.54) is 17.4 Å². The van der Waals surface area contributed by atoms with Crippen LogP contribution in [-0.4, -0.2) is 42.4 Å². The number of hydrogen-bond donors (Lipinski definition) is 2. The van der Waals surface area contributed by atoms with Crippen molar-refractivity contribution in [3.05, 3.63) is 24.2 Å². The minimum Gasteiger partial charge on any atom is -0.472 e. The van der Waals surface area contributed by atoms with Crippen LogP contribution in [0, 0.1) is 0 Å². The molecule has 2 heterocycles. The molecule has 17 heavy (non-hydrogen) atoms. The molecule has 1 saturated heterocycles. The maximum absolute atomic E-state index is 12.2. The molecule has 2 amide bonds. The van der Waals surface area contributed by atoms with Crippen molar-refractivity contribution < 1.29 is 14.0 Å². The molecule has 1 atom stereocenters. The molecule has 3 N–H and O–H groups in total. The lowest BCUT2D eigenvalue weighted by molar-refractivity contribution is -0.119. The summed E-state index contributed by atoms with van der Waals surface area (Å²) >= 11 is 0. The number of nitrogens with one attached hydrogen (secondary N) is 1. The summed E-state index contributed by atoms with van der Waals surface area (Å²) in [5.74, 6) is -0.722. The van der Waals surface area contributed by atoms with Crippen molar-refractivity contribution in [3.8, 4) is 0 Å². The number of rotatable bonds is 4. The van der Waals surface area contributed by atoms with E-state index in [2.05, 4.69) is 5.32 Å². The molecular formula is C11H15N3O3.